The third kappa shape index (κ3) is 2.28. The van der Waals surface area contributed by atoms with E-state index in [2.05, 4.69) is 16.0 Å². The van der Waals surface area contributed by atoms with Crippen molar-refractivity contribution < 1.29 is 5.21 Å². The van der Waals surface area contributed by atoms with E-state index in [4.69, 9.17) is 16.8 Å². The SMILES string of the molecule is O/N=C/C1CNNC1c1ccc(Cl)cc1. The van der Waals surface area contributed by atoms with Crippen LogP contribution < -0.4 is 10.9 Å². The smallest absolute Gasteiger partial charge is 0.0554 e. The first kappa shape index (κ1) is 10.4. The van der Waals surface area contributed by atoms with Gasteiger partial charge in [-0.1, -0.05) is 23.7 Å². The molecule has 0 aromatic heterocycles. The van der Waals surface area contributed by atoms with Gasteiger partial charge in [0.1, 0.15) is 0 Å². The normalized spacial score (nSPS) is 26.2. The largest absolute Gasteiger partial charge is 0.411 e. The zero-order valence-electron chi connectivity index (χ0n) is 8.02. The molecule has 2 atom stereocenters. The molecule has 1 heterocycles. The van der Waals surface area contributed by atoms with Crippen LogP contribution in [0, 0.1) is 5.92 Å². The average Bonchev–Trinajstić information content (AvgIpc) is 2.68. The van der Waals surface area contributed by atoms with Gasteiger partial charge in [0.15, 0.2) is 0 Å². The van der Waals surface area contributed by atoms with Crippen molar-refractivity contribution in [2.45, 2.75) is 6.04 Å². The van der Waals surface area contributed by atoms with Crippen molar-refractivity contribution in [1.82, 2.24) is 10.9 Å². The molecule has 4 nitrogen and oxygen atoms in total. The molecule has 0 radical (unpaired) electrons. The molecule has 80 valence electrons. The zero-order chi connectivity index (χ0) is 10.7. The number of benzene rings is 1. The van der Waals surface area contributed by atoms with Gasteiger partial charge < -0.3 is 5.21 Å². The molecule has 15 heavy (non-hydrogen) atoms. The van der Waals surface area contributed by atoms with Crippen molar-refractivity contribution >= 4 is 17.8 Å². The fourth-order valence-corrected chi connectivity index (χ4v) is 1.86. The van der Waals surface area contributed by atoms with Crippen molar-refractivity contribution in [3.63, 3.8) is 0 Å². The Kier molecular flexibility index (Phi) is 3.20. The van der Waals surface area contributed by atoms with Crippen LogP contribution in [0.5, 0.6) is 0 Å². The third-order valence-corrected chi connectivity index (χ3v) is 2.76. The van der Waals surface area contributed by atoms with E-state index < -0.39 is 0 Å². The number of oxime groups is 1. The average molecular weight is 226 g/mol. The molecule has 0 amide bonds. The van der Waals surface area contributed by atoms with Crippen molar-refractivity contribution in [2.75, 3.05) is 6.54 Å². The van der Waals surface area contributed by atoms with E-state index in [1.54, 1.807) is 0 Å². The number of halogens is 1. The maximum atomic E-state index is 8.53. The Hall–Kier alpha value is -1.10. The molecule has 1 aromatic carbocycles. The maximum Gasteiger partial charge on any atom is 0.0554 e. The van der Waals surface area contributed by atoms with E-state index >= 15 is 0 Å². The highest BCUT2D eigenvalue weighted by Gasteiger charge is 2.26. The van der Waals surface area contributed by atoms with Crippen LogP contribution in [0.1, 0.15) is 11.6 Å². The standard InChI is InChI=1S/C10H12ClN3O/c11-9-3-1-7(2-4-9)10-8(6-13-15)5-12-14-10/h1-4,6,8,10,12,14-15H,5H2/b13-6+. The lowest BCUT2D eigenvalue weighted by Gasteiger charge is -2.14. The fourth-order valence-electron chi connectivity index (χ4n) is 1.74. The van der Waals surface area contributed by atoms with Crippen LogP contribution in [0.3, 0.4) is 0 Å². The molecule has 2 rings (SSSR count). The summed E-state index contributed by atoms with van der Waals surface area (Å²) in [6.07, 6.45) is 1.53. The molecule has 0 saturated carbocycles. The molecule has 1 aromatic rings. The van der Waals surface area contributed by atoms with Crippen molar-refractivity contribution in [2.24, 2.45) is 11.1 Å². The van der Waals surface area contributed by atoms with Gasteiger partial charge in [0, 0.05) is 23.7 Å². The second-order valence-electron chi connectivity index (χ2n) is 3.48. The Morgan fingerprint density at radius 1 is 1.40 bits per heavy atom. The van der Waals surface area contributed by atoms with Gasteiger partial charge in [-0.25, -0.2) is 5.43 Å². The molecular weight excluding hydrogens is 214 g/mol. The lowest BCUT2D eigenvalue weighted by molar-refractivity contribution is 0.317. The topological polar surface area (TPSA) is 56.7 Å². The number of hydrazine groups is 1. The van der Waals surface area contributed by atoms with E-state index in [1.165, 1.54) is 6.21 Å². The lowest BCUT2D eigenvalue weighted by atomic mass is 9.96. The summed E-state index contributed by atoms with van der Waals surface area (Å²) < 4.78 is 0. The Labute approximate surface area is 92.9 Å². The predicted molar refractivity (Wildman–Crippen MR) is 59.1 cm³/mol. The molecule has 5 heteroatoms. The van der Waals surface area contributed by atoms with Gasteiger partial charge in [-0.2, -0.15) is 0 Å². The van der Waals surface area contributed by atoms with Gasteiger partial charge >= 0.3 is 0 Å². The first-order chi connectivity index (χ1) is 7.31. The summed E-state index contributed by atoms with van der Waals surface area (Å²) in [5.74, 6) is 0.149. The molecule has 1 aliphatic rings. The Morgan fingerprint density at radius 2 is 2.13 bits per heavy atom. The lowest BCUT2D eigenvalue weighted by Crippen LogP contribution is -2.25. The molecule has 1 aliphatic heterocycles. The van der Waals surface area contributed by atoms with Gasteiger partial charge in [0.2, 0.25) is 0 Å². The minimum atomic E-state index is 0.123. The number of nitrogens with zero attached hydrogens (tertiary/aromatic N) is 1. The number of nitrogens with one attached hydrogen (secondary N) is 2. The first-order valence-electron chi connectivity index (χ1n) is 4.72. The third-order valence-electron chi connectivity index (χ3n) is 2.51. The van der Waals surface area contributed by atoms with Crippen LogP contribution in [0.15, 0.2) is 29.4 Å². The summed E-state index contributed by atoms with van der Waals surface area (Å²) in [6, 6.07) is 7.75. The van der Waals surface area contributed by atoms with E-state index in [0.29, 0.717) is 0 Å². The summed E-state index contributed by atoms with van der Waals surface area (Å²) in [4.78, 5) is 0. The molecule has 0 bridgehead atoms. The van der Waals surface area contributed by atoms with Crippen molar-refractivity contribution in [3.05, 3.63) is 34.9 Å². The molecule has 1 saturated heterocycles. The van der Waals surface area contributed by atoms with Crippen LogP contribution in [-0.4, -0.2) is 18.0 Å². The van der Waals surface area contributed by atoms with Gasteiger partial charge in [0.05, 0.1) is 6.04 Å². The van der Waals surface area contributed by atoms with Gasteiger partial charge in [-0.05, 0) is 17.7 Å². The van der Waals surface area contributed by atoms with E-state index in [0.717, 1.165) is 17.1 Å². The van der Waals surface area contributed by atoms with Crippen molar-refractivity contribution in [1.29, 1.82) is 0 Å². The monoisotopic (exact) mass is 225 g/mol. The van der Waals surface area contributed by atoms with Crippen LogP contribution in [0.4, 0.5) is 0 Å². The molecule has 2 unspecified atom stereocenters. The second-order valence-corrected chi connectivity index (χ2v) is 3.92. The maximum absolute atomic E-state index is 8.53. The summed E-state index contributed by atoms with van der Waals surface area (Å²) in [5, 5.41) is 12.3. The molecule has 0 aliphatic carbocycles. The Balaban J connectivity index is 2.18. The summed E-state index contributed by atoms with van der Waals surface area (Å²) in [7, 11) is 0. The minimum absolute atomic E-state index is 0.123. The first-order valence-corrected chi connectivity index (χ1v) is 5.10. The number of hydrogen-bond donors (Lipinski definition) is 3. The Bertz CT molecular complexity index is 352. The second kappa shape index (κ2) is 4.61. The summed E-state index contributed by atoms with van der Waals surface area (Å²) in [6.45, 7) is 0.747. The van der Waals surface area contributed by atoms with Gasteiger partial charge in [-0.3, -0.25) is 5.43 Å². The number of hydrogen-bond acceptors (Lipinski definition) is 4. The highest BCUT2D eigenvalue weighted by molar-refractivity contribution is 6.30. The summed E-state index contributed by atoms with van der Waals surface area (Å²) >= 11 is 5.81. The van der Waals surface area contributed by atoms with E-state index in [-0.39, 0.29) is 12.0 Å². The highest BCUT2D eigenvalue weighted by atomic mass is 35.5. The van der Waals surface area contributed by atoms with Crippen molar-refractivity contribution in [3.8, 4) is 0 Å². The number of rotatable bonds is 2. The van der Waals surface area contributed by atoms with Gasteiger partial charge in [-0.15, -0.1) is 5.16 Å². The van der Waals surface area contributed by atoms with Crippen LogP contribution in [-0.2, 0) is 0 Å². The zero-order valence-corrected chi connectivity index (χ0v) is 8.78. The molecular formula is C10H12ClN3O. The fraction of sp³-hybridized carbons (Fsp3) is 0.300. The van der Waals surface area contributed by atoms with E-state index in [9.17, 15) is 0 Å². The minimum Gasteiger partial charge on any atom is -0.411 e. The Morgan fingerprint density at radius 3 is 2.80 bits per heavy atom. The molecule has 0 spiro atoms. The van der Waals surface area contributed by atoms with Gasteiger partial charge in [0.25, 0.3) is 0 Å². The molecule has 1 fully saturated rings. The van der Waals surface area contributed by atoms with Crippen LogP contribution >= 0.6 is 11.6 Å². The van der Waals surface area contributed by atoms with Crippen LogP contribution in [0.2, 0.25) is 5.02 Å². The highest BCUT2D eigenvalue weighted by Crippen LogP contribution is 2.24. The predicted octanol–water partition coefficient (Wildman–Crippen LogP) is 1.57. The quantitative estimate of drug-likeness (QED) is 0.407. The summed E-state index contributed by atoms with van der Waals surface area (Å²) in [5.41, 5.74) is 7.29. The van der Waals surface area contributed by atoms with E-state index in [1.807, 2.05) is 24.3 Å². The van der Waals surface area contributed by atoms with Crippen LogP contribution in [0.25, 0.3) is 0 Å². The molecule has 3 N–H and O–H groups in total.